The van der Waals surface area contributed by atoms with Crippen LogP contribution in [-0.2, 0) is 6.18 Å². The molecule has 1 rings (SSSR count). The van der Waals surface area contributed by atoms with Crippen molar-refractivity contribution in [2.24, 2.45) is 0 Å². The van der Waals surface area contributed by atoms with E-state index >= 15 is 0 Å². The summed E-state index contributed by atoms with van der Waals surface area (Å²) in [5.74, 6) is -0.391. The minimum atomic E-state index is -4.60. The molecule has 92 valence electrons. The second-order valence-corrected chi connectivity index (χ2v) is 3.48. The predicted octanol–water partition coefficient (Wildman–Crippen LogP) is 2.34. The highest BCUT2D eigenvalue weighted by Gasteiger charge is 2.34. The zero-order chi connectivity index (χ0) is 13.1. The Labute approximate surface area is 96.1 Å². The summed E-state index contributed by atoms with van der Waals surface area (Å²) in [5, 5.41) is 17.5. The fraction of sp³-hybridized carbons (Fsp3) is 0.364. The third-order valence-electron chi connectivity index (χ3n) is 1.89. The average Bonchev–Trinajstić information content (AvgIpc) is 2.24. The Hall–Kier alpha value is -1.74. The van der Waals surface area contributed by atoms with E-state index in [0.717, 1.165) is 12.1 Å². The van der Waals surface area contributed by atoms with Gasteiger partial charge in [0.15, 0.2) is 0 Å². The lowest BCUT2D eigenvalue weighted by molar-refractivity contribution is -0.139. The van der Waals surface area contributed by atoms with Crippen molar-refractivity contribution >= 4 is 0 Å². The number of hydrogen-bond acceptors (Lipinski definition) is 3. The first kappa shape index (κ1) is 13.3. The molecule has 0 aromatic heterocycles. The van der Waals surface area contributed by atoms with Crippen LogP contribution in [0.15, 0.2) is 18.2 Å². The summed E-state index contributed by atoms with van der Waals surface area (Å²) in [6.45, 7) is 1.16. The van der Waals surface area contributed by atoms with Crippen LogP contribution in [0.2, 0.25) is 0 Å². The first-order valence-corrected chi connectivity index (χ1v) is 4.77. The lowest BCUT2D eigenvalue weighted by Crippen LogP contribution is -2.16. The molecule has 0 bridgehead atoms. The minimum Gasteiger partial charge on any atom is -0.490 e. The lowest BCUT2D eigenvalue weighted by Gasteiger charge is -2.14. The van der Waals surface area contributed by atoms with Gasteiger partial charge in [-0.05, 0) is 25.1 Å². The molecule has 0 amide bonds. The summed E-state index contributed by atoms with van der Waals surface area (Å²) < 4.78 is 42.8. The molecule has 0 saturated heterocycles. The first-order chi connectivity index (χ1) is 7.84. The summed E-state index contributed by atoms with van der Waals surface area (Å²) >= 11 is 0. The zero-order valence-corrected chi connectivity index (χ0v) is 8.95. The molecule has 0 heterocycles. The summed E-state index contributed by atoms with van der Waals surface area (Å²) in [4.78, 5) is 0. The summed E-state index contributed by atoms with van der Waals surface area (Å²) in [5.41, 5.74) is -1.11. The molecular weight excluding hydrogens is 235 g/mol. The van der Waals surface area contributed by atoms with E-state index in [0.29, 0.717) is 0 Å². The van der Waals surface area contributed by atoms with Crippen LogP contribution in [0.25, 0.3) is 0 Å². The molecule has 17 heavy (non-hydrogen) atoms. The molecule has 0 saturated carbocycles. The zero-order valence-electron chi connectivity index (χ0n) is 8.95. The predicted molar refractivity (Wildman–Crippen MR) is 53.3 cm³/mol. The maximum absolute atomic E-state index is 12.6. The number of benzene rings is 1. The van der Waals surface area contributed by atoms with E-state index < -0.39 is 23.6 Å². The van der Waals surface area contributed by atoms with Crippen LogP contribution in [-0.4, -0.2) is 17.8 Å². The Kier molecular flexibility index (Phi) is 3.97. The standard InChI is InChI=1S/C11H10F3NO2/c1-7(16)6-17-10-3-2-8(5-15)4-9(10)11(12,13)14/h2-4,7,16H,6H2,1H3/t7-/m1/s1. The van der Waals surface area contributed by atoms with Gasteiger partial charge in [-0.25, -0.2) is 0 Å². The number of aliphatic hydroxyl groups is 1. The minimum absolute atomic E-state index is 0.0956. The van der Waals surface area contributed by atoms with Gasteiger partial charge < -0.3 is 9.84 Å². The number of rotatable bonds is 3. The first-order valence-electron chi connectivity index (χ1n) is 4.77. The Morgan fingerprint density at radius 2 is 2.12 bits per heavy atom. The topological polar surface area (TPSA) is 53.2 Å². The third-order valence-corrected chi connectivity index (χ3v) is 1.89. The number of ether oxygens (including phenoxy) is 1. The van der Waals surface area contributed by atoms with Crippen molar-refractivity contribution in [3.63, 3.8) is 0 Å². The van der Waals surface area contributed by atoms with Crippen molar-refractivity contribution in [3.8, 4) is 11.8 Å². The molecule has 1 aromatic carbocycles. The smallest absolute Gasteiger partial charge is 0.420 e. The fourth-order valence-electron chi connectivity index (χ4n) is 1.16. The Morgan fingerprint density at radius 1 is 1.47 bits per heavy atom. The van der Waals surface area contributed by atoms with Crippen molar-refractivity contribution in [3.05, 3.63) is 29.3 Å². The van der Waals surface area contributed by atoms with E-state index in [1.807, 2.05) is 0 Å². The molecule has 1 aromatic rings. The van der Waals surface area contributed by atoms with Gasteiger partial charge in [0.25, 0.3) is 0 Å². The highest BCUT2D eigenvalue weighted by atomic mass is 19.4. The molecule has 3 nitrogen and oxygen atoms in total. The van der Waals surface area contributed by atoms with Crippen LogP contribution in [0.4, 0.5) is 13.2 Å². The van der Waals surface area contributed by atoms with E-state index in [9.17, 15) is 13.2 Å². The van der Waals surface area contributed by atoms with Crippen LogP contribution in [0.1, 0.15) is 18.1 Å². The Bertz CT molecular complexity index is 435. The van der Waals surface area contributed by atoms with Gasteiger partial charge in [-0.1, -0.05) is 0 Å². The van der Waals surface area contributed by atoms with Crippen LogP contribution < -0.4 is 4.74 Å². The summed E-state index contributed by atoms with van der Waals surface area (Å²) in [6.07, 6.45) is -5.47. The van der Waals surface area contributed by atoms with Crippen LogP contribution in [0.3, 0.4) is 0 Å². The molecule has 1 N–H and O–H groups in total. The highest BCUT2D eigenvalue weighted by Crippen LogP contribution is 2.36. The van der Waals surface area contributed by atoms with Gasteiger partial charge in [-0.15, -0.1) is 0 Å². The van der Waals surface area contributed by atoms with Crippen LogP contribution in [0.5, 0.6) is 5.75 Å². The molecule has 0 fully saturated rings. The number of nitrogens with zero attached hydrogens (tertiary/aromatic N) is 1. The van der Waals surface area contributed by atoms with E-state index in [-0.39, 0.29) is 12.2 Å². The van der Waals surface area contributed by atoms with E-state index in [1.165, 1.54) is 13.0 Å². The second-order valence-electron chi connectivity index (χ2n) is 3.48. The molecular formula is C11H10F3NO2. The quantitative estimate of drug-likeness (QED) is 0.889. The number of alkyl halides is 3. The monoisotopic (exact) mass is 245 g/mol. The van der Waals surface area contributed by atoms with Crippen molar-refractivity contribution in [2.45, 2.75) is 19.2 Å². The van der Waals surface area contributed by atoms with E-state index in [4.69, 9.17) is 15.1 Å². The fourth-order valence-corrected chi connectivity index (χ4v) is 1.16. The summed E-state index contributed by atoms with van der Waals surface area (Å²) in [6, 6.07) is 4.65. The Balaban J connectivity index is 3.08. The normalized spacial score (nSPS) is 12.9. The SMILES string of the molecule is C[C@@H](O)COc1ccc(C#N)cc1C(F)(F)F. The van der Waals surface area contributed by atoms with E-state index in [1.54, 1.807) is 6.07 Å². The molecule has 0 aliphatic rings. The maximum Gasteiger partial charge on any atom is 0.420 e. The third kappa shape index (κ3) is 3.64. The van der Waals surface area contributed by atoms with Crippen molar-refractivity contribution in [1.29, 1.82) is 5.26 Å². The van der Waals surface area contributed by atoms with Crippen LogP contribution in [0, 0.1) is 11.3 Å². The lowest BCUT2D eigenvalue weighted by atomic mass is 10.1. The molecule has 0 unspecified atom stereocenters. The number of nitriles is 1. The molecule has 0 spiro atoms. The number of aliphatic hydroxyl groups excluding tert-OH is 1. The van der Waals surface area contributed by atoms with Gasteiger partial charge in [0.2, 0.25) is 0 Å². The maximum atomic E-state index is 12.6. The van der Waals surface area contributed by atoms with Gasteiger partial charge in [-0.3, -0.25) is 0 Å². The van der Waals surface area contributed by atoms with Crippen molar-refractivity contribution in [1.82, 2.24) is 0 Å². The molecule has 0 radical (unpaired) electrons. The van der Waals surface area contributed by atoms with Gasteiger partial charge in [-0.2, -0.15) is 18.4 Å². The van der Waals surface area contributed by atoms with E-state index in [2.05, 4.69) is 0 Å². The van der Waals surface area contributed by atoms with Gasteiger partial charge >= 0.3 is 6.18 Å². The molecule has 0 aliphatic heterocycles. The molecule has 1 atom stereocenters. The Morgan fingerprint density at radius 3 is 2.59 bits per heavy atom. The van der Waals surface area contributed by atoms with Gasteiger partial charge in [0.1, 0.15) is 12.4 Å². The van der Waals surface area contributed by atoms with Crippen molar-refractivity contribution < 1.29 is 23.0 Å². The second kappa shape index (κ2) is 5.06. The number of hydrogen-bond donors (Lipinski definition) is 1. The number of halogens is 3. The summed E-state index contributed by atoms with van der Waals surface area (Å²) in [7, 11) is 0. The highest BCUT2D eigenvalue weighted by molar-refractivity contribution is 5.43. The van der Waals surface area contributed by atoms with Crippen molar-refractivity contribution in [2.75, 3.05) is 6.61 Å². The molecule has 6 heteroatoms. The average molecular weight is 245 g/mol. The van der Waals surface area contributed by atoms with Gasteiger partial charge in [0.05, 0.1) is 23.3 Å². The van der Waals surface area contributed by atoms with Crippen LogP contribution >= 0.6 is 0 Å². The molecule has 0 aliphatic carbocycles. The largest absolute Gasteiger partial charge is 0.490 e. The van der Waals surface area contributed by atoms with Gasteiger partial charge in [0, 0.05) is 0 Å².